The molecular weight excluding hydrogens is 869 g/mol. The van der Waals surface area contributed by atoms with Crippen molar-refractivity contribution >= 4 is 68.7 Å². The molecule has 2 N–H and O–H groups in total. The number of nitrogens with one attached hydrogen (secondary N) is 2. The summed E-state index contributed by atoms with van der Waals surface area (Å²) in [6.07, 6.45) is 14.2. The molecule has 0 unspecified atom stereocenters. The fraction of sp³-hybridized carbons (Fsp3) is 0.396. The molecule has 0 bridgehead atoms. The van der Waals surface area contributed by atoms with Crippen molar-refractivity contribution in [3.05, 3.63) is 123 Å². The first-order chi connectivity index (χ1) is 30.5. The summed E-state index contributed by atoms with van der Waals surface area (Å²) in [5.74, 6) is -0.430. The first-order valence-corrected chi connectivity index (χ1v) is 26.6. The van der Waals surface area contributed by atoms with E-state index in [-0.39, 0.29) is 27.3 Å². The number of nitrogens with zero attached hydrogens (tertiary/aromatic N) is 5. The second-order valence-corrected chi connectivity index (χ2v) is 24.8. The number of piperazine rings is 1. The molecule has 2 fully saturated rings. The van der Waals surface area contributed by atoms with E-state index >= 15 is 0 Å². The maximum atomic E-state index is 14.0. The Morgan fingerprint density at radius 2 is 1.75 bits per heavy atom. The summed E-state index contributed by atoms with van der Waals surface area (Å²) in [5.41, 5.74) is 5.96. The molecule has 338 valence electrons. The number of benzene rings is 3. The number of fused-ring (bicyclic) bond motifs is 1. The minimum absolute atomic E-state index is 0.0212. The number of allylic oxidation sites excluding steroid dienone is 1. The van der Waals surface area contributed by atoms with Gasteiger partial charge in [0.2, 0.25) is 0 Å². The van der Waals surface area contributed by atoms with Crippen LogP contribution in [0.4, 0.5) is 11.4 Å². The molecule has 0 spiro atoms. The van der Waals surface area contributed by atoms with Gasteiger partial charge in [0.25, 0.3) is 21.6 Å². The Morgan fingerprint density at radius 3 is 2.48 bits per heavy atom. The van der Waals surface area contributed by atoms with Crippen molar-refractivity contribution in [1.29, 1.82) is 0 Å². The number of carbonyl (C=O) groups is 1. The van der Waals surface area contributed by atoms with E-state index in [0.29, 0.717) is 29.8 Å². The topological polar surface area (TPSA) is 154 Å². The third-order valence-electron chi connectivity index (χ3n) is 13.0. The van der Waals surface area contributed by atoms with Gasteiger partial charge in [0.1, 0.15) is 17.1 Å². The minimum atomic E-state index is -4.53. The van der Waals surface area contributed by atoms with Crippen LogP contribution >= 0.6 is 18.5 Å². The van der Waals surface area contributed by atoms with Gasteiger partial charge in [-0.05, 0) is 117 Å². The van der Waals surface area contributed by atoms with Gasteiger partial charge in [-0.1, -0.05) is 49.2 Å². The van der Waals surface area contributed by atoms with Crippen LogP contribution in [0.15, 0.2) is 95.7 Å². The molecular formula is C48H57ClN7O6PS. The average molecular weight is 927 g/mol. The van der Waals surface area contributed by atoms with Crippen LogP contribution in [0.25, 0.3) is 16.6 Å². The van der Waals surface area contributed by atoms with E-state index in [0.717, 1.165) is 106 Å². The summed E-state index contributed by atoms with van der Waals surface area (Å²) in [6.45, 7) is 12.6. The second-order valence-electron chi connectivity index (χ2n) is 18.6. The Bertz CT molecular complexity index is 2740. The van der Waals surface area contributed by atoms with E-state index in [2.05, 4.69) is 68.3 Å². The molecule has 0 atom stereocenters. The number of anilines is 1. The van der Waals surface area contributed by atoms with Crippen molar-refractivity contribution in [2.45, 2.75) is 50.8 Å². The number of H-pyrrole nitrogens is 1. The molecule has 13 nitrogen and oxygen atoms in total. The lowest BCUT2D eigenvalue weighted by atomic mass is 9.72. The molecule has 16 heteroatoms. The predicted octanol–water partition coefficient (Wildman–Crippen LogP) is 9.15. The largest absolute Gasteiger partial charge is 0.455 e. The Hall–Kier alpha value is -4.98. The zero-order valence-electron chi connectivity index (χ0n) is 36.8. The van der Waals surface area contributed by atoms with Crippen LogP contribution in [0.5, 0.6) is 11.5 Å². The van der Waals surface area contributed by atoms with E-state index in [4.69, 9.17) is 16.3 Å². The van der Waals surface area contributed by atoms with E-state index in [1.807, 2.05) is 18.2 Å². The van der Waals surface area contributed by atoms with Crippen molar-refractivity contribution in [2.24, 2.45) is 5.41 Å². The van der Waals surface area contributed by atoms with Crippen LogP contribution in [0.2, 0.25) is 5.02 Å². The Kier molecular flexibility index (Phi) is 13.4. The normalized spacial score (nSPS) is 18.3. The van der Waals surface area contributed by atoms with Crippen LogP contribution in [0.1, 0.15) is 61.0 Å². The van der Waals surface area contributed by atoms with Crippen molar-refractivity contribution in [3.63, 3.8) is 0 Å². The van der Waals surface area contributed by atoms with Crippen LogP contribution in [-0.2, 0) is 16.4 Å². The monoisotopic (exact) mass is 925 g/mol. The van der Waals surface area contributed by atoms with E-state index in [9.17, 15) is 23.3 Å². The number of amides is 1. The number of pyridine rings is 1. The lowest BCUT2D eigenvalue weighted by Crippen LogP contribution is -2.47. The summed E-state index contributed by atoms with van der Waals surface area (Å²) in [6, 6.07) is 20.8. The van der Waals surface area contributed by atoms with Crippen molar-refractivity contribution in [3.8, 4) is 11.5 Å². The van der Waals surface area contributed by atoms with Gasteiger partial charge in [-0.15, -0.1) is 13.2 Å². The molecule has 2 saturated heterocycles. The molecule has 3 aromatic carbocycles. The van der Waals surface area contributed by atoms with E-state index < -0.39 is 27.7 Å². The lowest BCUT2D eigenvalue weighted by molar-refractivity contribution is -0.385. The van der Waals surface area contributed by atoms with Crippen molar-refractivity contribution in [2.75, 3.05) is 76.2 Å². The SMILES string of the molecule is C=P1(C)CCN(CCCc2ccc(S(=O)(=O)NC(=O)c3ccc(N4CCN(CC5=C(c6ccc(Cl)cc6)CC(C)(C)CC5)CC4)cc3Oc3cnc4[nH]ccc4c3)cc2[N+](=O)[O-])CC1. The maximum Gasteiger partial charge on any atom is 0.273 e. The van der Waals surface area contributed by atoms with Gasteiger partial charge in [-0.2, -0.15) is 0 Å². The number of hydrogen-bond acceptors (Lipinski definition) is 10. The fourth-order valence-electron chi connectivity index (χ4n) is 9.01. The zero-order chi connectivity index (χ0) is 45.2. The van der Waals surface area contributed by atoms with E-state index in [1.165, 1.54) is 35.0 Å². The number of nitro groups is 1. The number of aryl methyl sites for hydroxylation is 1. The number of aromatic amines is 1. The van der Waals surface area contributed by atoms with Crippen molar-refractivity contribution < 1.29 is 22.9 Å². The van der Waals surface area contributed by atoms with Gasteiger partial charge in [0, 0.05) is 85.8 Å². The molecule has 0 saturated carbocycles. The highest BCUT2D eigenvalue weighted by molar-refractivity contribution is 7.90. The molecule has 2 aromatic heterocycles. The van der Waals surface area contributed by atoms with Crippen LogP contribution in [-0.4, -0.2) is 117 Å². The lowest BCUT2D eigenvalue weighted by Gasteiger charge is -2.39. The highest BCUT2D eigenvalue weighted by Crippen LogP contribution is 2.44. The molecule has 1 amide bonds. The summed E-state index contributed by atoms with van der Waals surface area (Å²) in [5, 5.41) is 13.7. The maximum absolute atomic E-state index is 14.0. The standard InChI is InChI=1S/C48H57ClN7O6PS/c1-48(2)17-15-37(43(31-48)34-7-10-38(49)11-8-34)33-54-20-22-55(23-21-54)39-12-14-42(45(29-39)62-40-28-36-16-18-50-46(36)51-32-40)47(57)52-64(60,61)41-13-9-35(44(30-41)56(58)59)6-5-19-53-24-26-63(3,4)27-25-53/h7-14,16,18,28-30,32H,3,5-6,15,17,19-27,31,33H2,1-2,4H3,(H,50,51)(H,52,57). The minimum Gasteiger partial charge on any atom is -0.455 e. The number of carbonyl (C=O) groups excluding carboxylic acids is 1. The summed E-state index contributed by atoms with van der Waals surface area (Å²) >= 11 is 6.25. The van der Waals surface area contributed by atoms with Gasteiger partial charge in [0.15, 0.2) is 0 Å². The number of sulfonamides is 1. The van der Waals surface area contributed by atoms with Crippen molar-refractivity contribution in [1.82, 2.24) is 24.5 Å². The summed E-state index contributed by atoms with van der Waals surface area (Å²) in [7, 11) is -4.53. The number of hydrogen-bond donors (Lipinski definition) is 2. The molecule has 4 heterocycles. The average Bonchev–Trinajstić information content (AvgIpc) is 3.73. The van der Waals surface area contributed by atoms with Gasteiger partial charge in [0.05, 0.1) is 21.6 Å². The third-order valence-corrected chi connectivity index (χ3v) is 17.1. The molecule has 64 heavy (non-hydrogen) atoms. The first kappa shape index (κ1) is 45.6. The Balaban J connectivity index is 0.981. The summed E-state index contributed by atoms with van der Waals surface area (Å²) in [4.78, 5) is 39.8. The number of aromatic nitrogens is 2. The number of ether oxygens (including phenoxy) is 1. The van der Waals surface area contributed by atoms with Gasteiger partial charge < -0.3 is 19.5 Å². The van der Waals surface area contributed by atoms with E-state index in [1.54, 1.807) is 30.5 Å². The molecule has 8 rings (SSSR count). The number of nitro benzene ring substituents is 1. The number of halogens is 1. The van der Waals surface area contributed by atoms with Crippen LogP contribution < -0.4 is 14.4 Å². The molecule has 5 aromatic rings. The van der Waals surface area contributed by atoms with Gasteiger partial charge in [-0.25, -0.2) is 18.1 Å². The molecule has 0 radical (unpaired) electrons. The second kappa shape index (κ2) is 18.9. The fourth-order valence-corrected chi connectivity index (χ4v) is 11.9. The Labute approximate surface area is 381 Å². The molecule has 3 aliphatic rings. The quantitative estimate of drug-likeness (QED) is 0.0626. The van der Waals surface area contributed by atoms with Gasteiger partial charge >= 0.3 is 0 Å². The third kappa shape index (κ3) is 10.9. The zero-order valence-corrected chi connectivity index (χ0v) is 39.3. The van der Waals surface area contributed by atoms with Crippen LogP contribution in [0.3, 0.4) is 0 Å². The molecule has 2 aliphatic heterocycles. The summed E-state index contributed by atoms with van der Waals surface area (Å²) < 4.78 is 36.0. The highest BCUT2D eigenvalue weighted by atomic mass is 35.5. The predicted molar refractivity (Wildman–Crippen MR) is 259 cm³/mol. The number of rotatable bonds is 14. The highest BCUT2D eigenvalue weighted by Gasteiger charge is 2.31. The Morgan fingerprint density at radius 1 is 1.00 bits per heavy atom. The molecule has 1 aliphatic carbocycles. The smallest absolute Gasteiger partial charge is 0.273 e. The van der Waals surface area contributed by atoms with Gasteiger partial charge in [-0.3, -0.25) is 19.8 Å². The van der Waals surface area contributed by atoms with Crippen LogP contribution in [0, 0.1) is 15.5 Å². The first-order valence-electron chi connectivity index (χ1n) is 22.0.